The van der Waals surface area contributed by atoms with Crippen molar-refractivity contribution in [3.63, 3.8) is 0 Å². The van der Waals surface area contributed by atoms with Crippen LogP contribution < -0.4 is 5.32 Å². The van der Waals surface area contributed by atoms with Crippen LogP contribution in [0.5, 0.6) is 0 Å². The van der Waals surface area contributed by atoms with Gasteiger partial charge in [-0.1, -0.05) is 48.5 Å². The van der Waals surface area contributed by atoms with Gasteiger partial charge in [-0.05, 0) is 31.4 Å². The molecule has 3 aromatic rings. The van der Waals surface area contributed by atoms with Crippen LogP contribution in [-0.2, 0) is 13.0 Å². The molecule has 0 aliphatic carbocycles. The summed E-state index contributed by atoms with van der Waals surface area (Å²) in [5.74, 6) is 1.32. The number of aromatic nitrogens is 1. The standard InChI is InChI=1S/C19H20N2/c1-14-11-12-17-16-9-5-6-10-18(16)21(19(17)20-14)13-15-7-3-2-4-8-15/h2-10,14,20H,11-13H2,1H3. The molecule has 2 nitrogen and oxygen atoms in total. The Bertz CT molecular complexity index is 771. The van der Waals surface area contributed by atoms with E-state index in [4.69, 9.17) is 0 Å². The first-order valence-electron chi connectivity index (χ1n) is 7.73. The molecule has 4 rings (SSSR count). The molecule has 1 aromatic heterocycles. The van der Waals surface area contributed by atoms with Crippen LogP contribution in [0.15, 0.2) is 54.6 Å². The van der Waals surface area contributed by atoms with Crippen molar-refractivity contribution < 1.29 is 0 Å². The van der Waals surface area contributed by atoms with Crippen molar-refractivity contribution in [2.75, 3.05) is 5.32 Å². The van der Waals surface area contributed by atoms with Gasteiger partial charge in [-0.3, -0.25) is 0 Å². The maximum Gasteiger partial charge on any atom is 0.110 e. The number of aryl methyl sites for hydroxylation is 1. The Balaban J connectivity index is 1.89. The monoisotopic (exact) mass is 276 g/mol. The summed E-state index contributed by atoms with van der Waals surface area (Å²) in [6.45, 7) is 3.20. The maximum atomic E-state index is 3.70. The first-order valence-corrected chi connectivity index (χ1v) is 7.73. The minimum atomic E-state index is 0.552. The molecule has 1 atom stereocenters. The van der Waals surface area contributed by atoms with E-state index in [0.29, 0.717) is 6.04 Å². The zero-order valence-corrected chi connectivity index (χ0v) is 12.3. The van der Waals surface area contributed by atoms with Crippen LogP contribution in [0.4, 0.5) is 5.82 Å². The Morgan fingerprint density at radius 3 is 2.67 bits per heavy atom. The predicted octanol–water partition coefficient (Wildman–Crippen LogP) is 4.44. The Morgan fingerprint density at radius 2 is 1.81 bits per heavy atom. The van der Waals surface area contributed by atoms with Gasteiger partial charge in [0.05, 0.1) is 5.52 Å². The summed E-state index contributed by atoms with van der Waals surface area (Å²) in [4.78, 5) is 0. The Labute approximate surface area is 125 Å². The number of nitrogens with zero attached hydrogens (tertiary/aromatic N) is 1. The van der Waals surface area contributed by atoms with E-state index in [1.165, 1.54) is 40.7 Å². The molecule has 0 saturated heterocycles. The highest BCUT2D eigenvalue weighted by atomic mass is 15.1. The van der Waals surface area contributed by atoms with Gasteiger partial charge in [0.15, 0.2) is 0 Å². The maximum absolute atomic E-state index is 3.70. The lowest BCUT2D eigenvalue weighted by Gasteiger charge is -2.24. The number of anilines is 1. The van der Waals surface area contributed by atoms with Crippen LogP contribution in [0.3, 0.4) is 0 Å². The minimum absolute atomic E-state index is 0.552. The normalized spacial score (nSPS) is 17.5. The fraction of sp³-hybridized carbons (Fsp3) is 0.263. The fourth-order valence-corrected chi connectivity index (χ4v) is 3.39. The van der Waals surface area contributed by atoms with Gasteiger partial charge in [-0.2, -0.15) is 0 Å². The number of hydrogen-bond donors (Lipinski definition) is 1. The zero-order chi connectivity index (χ0) is 14.2. The molecule has 0 bridgehead atoms. The van der Waals surface area contributed by atoms with Gasteiger partial charge in [0.25, 0.3) is 0 Å². The van der Waals surface area contributed by atoms with E-state index in [1.54, 1.807) is 0 Å². The van der Waals surface area contributed by atoms with Gasteiger partial charge in [0.1, 0.15) is 5.82 Å². The average molecular weight is 276 g/mol. The first-order chi connectivity index (χ1) is 10.3. The number of para-hydroxylation sites is 1. The molecule has 2 aromatic carbocycles. The molecule has 21 heavy (non-hydrogen) atoms. The van der Waals surface area contributed by atoms with Crippen molar-refractivity contribution in [1.82, 2.24) is 4.57 Å². The molecule has 1 N–H and O–H groups in total. The molecular formula is C19H20N2. The third-order valence-corrected chi connectivity index (χ3v) is 4.47. The highest BCUT2D eigenvalue weighted by Gasteiger charge is 2.22. The molecule has 0 saturated carbocycles. The van der Waals surface area contributed by atoms with Crippen molar-refractivity contribution in [2.45, 2.75) is 32.4 Å². The summed E-state index contributed by atoms with van der Waals surface area (Å²) in [6, 6.07) is 20.0. The number of nitrogens with one attached hydrogen (secondary N) is 1. The molecule has 1 aliphatic heterocycles. The van der Waals surface area contributed by atoms with Crippen LogP contribution >= 0.6 is 0 Å². The Hall–Kier alpha value is -2.22. The molecule has 1 aliphatic rings. The topological polar surface area (TPSA) is 17.0 Å². The van der Waals surface area contributed by atoms with Crippen LogP contribution in [0, 0.1) is 0 Å². The number of benzene rings is 2. The number of hydrogen-bond acceptors (Lipinski definition) is 1. The zero-order valence-electron chi connectivity index (χ0n) is 12.3. The van der Waals surface area contributed by atoms with Crippen LogP contribution in [0.25, 0.3) is 10.9 Å². The summed E-state index contributed by atoms with van der Waals surface area (Å²) in [5, 5.41) is 5.11. The lowest BCUT2D eigenvalue weighted by atomic mass is 10.0. The van der Waals surface area contributed by atoms with Gasteiger partial charge in [0.2, 0.25) is 0 Å². The van der Waals surface area contributed by atoms with Crippen LogP contribution in [0.1, 0.15) is 24.5 Å². The average Bonchev–Trinajstić information content (AvgIpc) is 2.82. The van der Waals surface area contributed by atoms with Crippen molar-refractivity contribution in [3.8, 4) is 0 Å². The van der Waals surface area contributed by atoms with E-state index < -0.39 is 0 Å². The Morgan fingerprint density at radius 1 is 1.05 bits per heavy atom. The van der Waals surface area contributed by atoms with Gasteiger partial charge >= 0.3 is 0 Å². The molecule has 0 amide bonds. The van der Waals surface area contributed by atoms with Gasteiger partial charge in [-0.15, -0.1) is 0 Å². The van der Waals surface area contributed by atoms with E-state index in [2.05, 4.69) is 71.4 Å². The largest absolute Gasteiger partial charge is 0.369 e. The second-order valence-electron chi connectivity index (χ2n) is 6.00. The highest BCUT2D eigenvalue weighted by Crippen LogP contribution is 2.35. The van der Waals surface area contributed by atoms with Crippen molar-refractivity contribution in [3.05, 3.63) is 65.7 Å². The molecule has 0 radical (unpaired) electrons. The minimum Gasteiger partial charge on any atom is -0.369 e. The van der Waals surface area contributed by atoms with E-state index in [0.717, 1.165) is 6.54 Å². The van der Waals surface area contributed by atoms with Crippen LogP contribution in [0.2, 0.25) is 0 Å². The molecule has 1 unspecified atom stereocenters. The third kappa shape index (κ3) is 2.11. The van der Waals surface area contributed by atoms with E-state index >= 15 is 0 Å². The lowest BCUT2D eigenvalue weighted by Crippen LogP contribution is -2.23. The SMILES string of the molecule is CC1CCc2c(n(Cc3ccccc3)c3ccccc23)N1. The molecule has 0 spiro atoms. The van der Waals surface area contributed by atoms with Crippen molar-refractivity contribution >= 4 is 16.7 Å². The second-order valence-corrected chi connectivity index (χ2v) is 6.00. The Kier molecular flexibility index (Phi) is 2.95. The second kappa shape index (κ2) is 4.96. The van der Waals surface area contributed by atoms with Gasteiger partial charge < -0.3 is 9.88 Å². The molecular weight excluding hydrogens is 256 g/mol. The summed E-state index contributed by atoms with van der Waals surface area (Å²) < 4.78 is 2.44. The van der Waals surface area contributed by atoms with Crippen LogP contribution in [-0.4, -0.2) is 10.6 Å². The third-order valence-electron chi connectivity index (χ3n) is 4.47. The predicted molar refractivity (Wildman–Crippen MR) is 88.9 cm³/mol. The van der Waals surface area contributed by atoms with Crippen molar-refractivity contribution in [1.29, 1.82) is 0 Å². The molecule has 2 heterocycles. The summed E-state index contributed by atoms with van der Waals surface area (Å²) in [7, 11) is 0. The molecule has 106 valence electrons. The molecule has 2 heteroatoms. The van der Waals surface area contributed by atoms with E-state index in [1.807, 2.05) is 0 Å². The van der Waals surface area contributed by atoms with Gasteiger partial charge in [0, 0.05) is 23.5 Å². The summed E-state index contributed by atoms with van der Waals surface area (Å²) in [5.41, 5.74) is 4.17. The van der Waals surface area contributed by atoms with Crippen molar-refractivity contribution in [2.24, 2.45) is 0 Å². The smallest absolute Gasteiger partial charge is 0.110 e. The fourth-order valence-electron chi connectivity index (χ4n) is 3.39. The lowest BCUT2D eigenvalue weighted by molar-refractivity contribution is 0.664. The number of fused-ring (bicyclic) bond motifs is 3. The van der Waals surface area contributed by atoms with Gasteiger partial charge in [-0.25, -0.2) is 0 Å². The quantitative estimate of drug-likeness (QED) is 0.732. The summed E-state index contributed by atoms with van der Waals surface area (Å²) >= 11 is 0. The van der Waals surface area contributed by atoms with E-state index in [-0.39, 0.29) is 0 Å². The first kappa shape index (κ1) is 12.5. The van der Waals surface area contributed by atoms with E-state index in [9.17, 15) is 0 Å². The molecule has 0 fully saturated rings. The number of rotatable bonds is 2. The summed E-state index contributed by atoms with van der Waals surface area (Å²) in [6.07, 6.45) is 2.39. The highest BCUT2D eigenvalue weighted by molar-refractivity contribution is 5.90.